The number of halogens is 2. The molecule has 12 heteroatoms. The lowest BCUT2D eigenvalue weighted by molar-refractivity contribution is 0.376. The zero-order valence-electron chi connectivity index (χ0n) is 25.1. The van der Waals surface area contributed by atoms with Crippen LogP contribution in [0.1, 0.15) is 68.8 Å². The average Bonchev–Trinajstić information content (AvgIpc) is 3.57. The summed E-state index contributed by atoms with van der Waals surface area (Å²) >= 11 is 15.3. The van der Waals surface area contributed by atoms with E-state index < -0.39 is 20.0 Å². The number of aryl methyl sites for hydroxylation is 2. The maximum atomic E-state index is 12.3. The van der Waals surface area contributed by atoms with Gasteiger partial charge in [-0.25, -0.2) is 16.8 Å². The van der Waals surface area contributed by atoms with Gasteiger partial charge in [0.1, 0.15) is 0 Å². The normalized spacial score (nSPS) is 19.1. The van der Waals surface area contributed by atoms with Gasteiger partial charge in [-0.1, -0.05) is 71.7 Å². The van der Waals surface area contributed by atoms with E-state index >= 15 is 0 Å². The summed E-state index contributed by atoms with van der Waals surface area (Å²) in [5.74, 6) is 0.356. The molecule has 2 aromatic heterocycles. The van der Waals surface area contributed by atoms with Crippen LogP contribution in [0.25, 0.3) is 0 Å². The molecule has 4 heterocycles. The Hall–Kier alpha value is -1.76. The van der Waals surface area contributed by atoms with Gasteiger partial charge in [-0.05, 0) is 73.2 Å². The van der Waals surface area contributed by atoms with Crippen molar-refractivity contribution in [3.63, 3.8) is 0 Å². The zero-order chi connectivity index (χ0) is 31.8. The number of benzene rings is 2. The lowest BCUT2D eigenvalue weighted by atomic mass is 9.87. The molecule has 2 aliphatic rings. The molecule has 0 aliphatic carbocycles. The Labute approximate surface area is 279 Å². The van der Waals surface area contributed by atoms with Gasteiger partial charge in [0.25, 0.3) is 0 Å². The molecule has 236 valence electrons. The summed E-state index contributed by atoms with van der Waals surface area (Å²) in [4.78, 5) is 2.11. The van der Waals surface area contributed by atoms with Gasteiger partial charge in [-0.15, -0.1) is 22.7 Å². The molecule has 4 aromatic rings. The first-order chi connectivity index (χ1) is 20.8. The van der Waals surface area contributed by atoms with Crippen LogP contribution in [-0.4, -0.2) is 50.0 Å². The van der Waals surface area contributed by atoms with E-state index in [1.807, 2.05) is 36.4 Å². The van der Waals surface area contributed by atoms with Gasteiger partial charge >= 0.3 is 0 Å². The van der Waals surface area contributed by atoms with Gasteiger partial charge in [0.05, 0.1) is 20.2 Å². The number of thiophene rings is 2. The molecule has 44 heavy (non-hydrogen) atoms. The van der Waals surface area contributed by atoms with E-state index in [1.165, 1.54) is 56.1 Å². The minimum atomic E-state index is -3.21. The predicted octanol–water partition coefficient (Wildman–Crippen LogP) is 8.01. The first-order valence-corrected chi connectivity index (χ1v) is 20.1. The second-order valence-electron chi connectivity index (χ2n) is 11.1. The second kappa shape index (κ2) is 13.5. The van der Waals surface area contributed by atoms with Crippen molar-refractivity contribution in [2.24, 2.45) is 0 Å². The SMILES string of the molecule is CCS(=O)(=O)N1Cc2sc(Cl)cc2[C@@H](c2ccccc2C)C1.CCS(=O)(=O)N1Cc2sc(Cl)cc2[C@H](c2ccccc2C)C1. The standard InChI is InChI=1S/2C16H18ClNO2S2/c2*1-3-22(19,20)18-9-14(12-7-5-4-6-11(12)2)13-8-16(17)21-15(13)10-18/h2*4-8,14H,3,9-10H2,1-2H3/t2*14-/m10/s1. The Morgan fingerprint density at radius 3 is 1.36 bits per heavy atom. The van der Waals surface area contributed by atoms with Crippen molar-refractivity contribution >= 4 is 65.9 Å². The van der Waals surface area contributed by atoms with E-state index in [-0.39, 0.29) is 23.3 Å². The number of sulfonamides is 2. The Bertz CT molecular complexity index is 1730. The molecule has 0 saturated heterocycles. The molecule has 0 bridgehead atoms. The molecule has 6 rings (SSSR count). The first-order valence-electron chi connectivity index (χ1n) is 14.5. The van der Waals surface area contributed by atoms with Gasteiger partial charge in [-0.3, -0.25) is 0 Å². The Balaban J connectivity index is 0.000000175. The third-order valence-corrected chi connectivity index (χ3v) is 14.5. The van der Waals surface area contributed by atoms with Crippen molar-refractivity contribution < 1.29 is 16.8 Å². The van der Waals surface area contributed by atoms with Crippen LogP contribution in [-0.2, 0) is 33.1 Å². The number of nitrogens with zero attached hydrogens (tertiary/aromatic N) is 2. The van der Waals surface area contributed by atoms with E-state index in [2.05, 4.69) is 38.1 Å². The molecule has 2 atom stereocenters. The number of hydrogen-bond acceptors (Lipinski definition) is 6. The summed E-state index contributed by atoms with van der Waals surface area (Å²) in [6, 6.07) is 20.3. The van der Waals surface area contributed by atoms with Crippen molar-refractivity contribution in [2.75, 3.05) is 24.6 Å². The second-order valence-corrected chi connectivity index (χ2v) is 19.1. The van der Waals surface area contributed by atoms with E-state index in [1.54, 1.807) is 22.5 Å². The summed E-state index contributed by atoms with van der Waals surface area (Å²) in [6.45, 7) is 9.36. The molecule has 2 aromatic carbocycles. The van der Waals surface area contributed by atoms with Gasteiger partial charge in [0.15, 0.2) is 0 Å². The largest absolute Gasteiger partial charge is 0.214 e. The van der Waals surface area contributed by atoms with Crippen molar-refractivity contribution in [1.82, 2.24) is 8.61 Å². The van der Waals surface area contributed by atoms with E-state index in [0.717, 1.165) is 18.4 Å². The molecule has 0 saturated carbocycles. The topological polar surface area (TPSA) is 74.8 Å². The van der Waals surface area contributed by atoms with E-state index in [4.69, 9.17) is 23.2 Å². The minimum absolute atomic E-state index is 0.0509. The number of hydrogen-bond donors (Lipinski definition) is 0. The van der Waals surface area contributed by atoms with Crippen molar-refractivity contribution in [1.29, 1.82) is 0 Å². The van der Waals surface area contributed by atoms with Crippen LogP contribution >= 0.6 is 45.9 Å². The molecule has 0 spiro atoms. The van der Waals surface area contributed by atoms with Crippen LogP contribution in [0, 0.1) is 13.8 Å². The molecule has 0 N–H and O–H groups in total. The average molecular weight is 712 g/mol. The van der Waals surface area contributed by atoms with Crippen LogP contribution in [0.2, 0.25) is 8.67 Å². The Morgan fingerprint density at radius 2 is 1.02 bits per heavy atom. The maximum Gasteiger partial charge on any atom is 0.214 e. The predicted molar refractivity (Wildman–Crippen MR) is 184 cm³/mol. The summed E-state index contributed by atoms with van der Waals surface area (Å²) in [7, 11) is -6.42. The summed E-state index contributed by atoms with van der Waals surface area (Å²) in [5, 5.41) is 0. The van der Waals surface area contributed by atoms with Crippen LogP contribution in [0.5, 0.6) is 0 Å². The number of rotatable bonds is 6. The summed E-state index contributed by atoms with van der Waals surface area (Å²) in [6.07, 6.45) is 0. The molecular formula is C32H36Cl2N2O4S4. The molecule has 0 radical (unpaired) electrons. The fourth-order valence-electron chi connectivity index (χ4n) is 5.98. The quantitative estimate of drug-likeness (QED) is 0.203. The first kappa shape index (κ1) is 33.6. The minimum Gasteiger partial charge on any atom is -0.212 e. The van der Waals surface area contributed by atoms with Gasteiger partial charge in [0.2, 0.25) is 20.0 Å². The van der Waals surface area contributed by atoms with E-state index in [9.17, 15) is 16.8 Å². The summed E-state index contributed by atoms with van der Waals surface area (Å²) < 4.78 is 54.0. The van der Waals surface area contributed by atoms with E-state index in [0.29, 0.717) is 26.2 Å². The third kappa shape index (κ3) is 6.98. The fraction of sp³-hybridized carbons (Fsp3) is 0.375. The maximum absolute atomic E-state index is 12.3. The molecule has 0 fully saturated rings. The fourth-order valence-corrected chi connectivity index (χ4v) is 11.0. The highest BCUT2D eigenvalue weighted by Gasteiger charge is 2.35. The Kier molecular flexibility index (Phi) is 10.3. The zero-order valence-corrected chi connectivity index (χ0v) is 29.9. The highest BCUT2D eigenvalue weighted by molar-refractivity contribution is 7.89. The molecular weight excluding hydrogens is 676 g/mol. The smallest absolute Gasteiger partial charge is 0.212 e. The van der Waals surface area contributed by atoms with Gasteiger partial charge in [0, 0.05) is 47.8 Å². The van der Waals surface area contributed by atoms with Crippen molar-refractivity contribution in [2.45, 2.75) is 52.6 Å². The van der Waals surface area contributed by atoms with Crippen molar-refractivity contribution in [3.05, 3.63) is 112 Å². The van der Waals surface area contributed by atoms with Crippen LogP contribution in [0.15, 0.2) is 60.7 Å². The third-order valence-electron chi connectivity index (χ3n) is 8.43. The summed E-state index contributed by atoms with van der Waals surface area (Å²) in [5.41, 5.74) is 7.05. The van der Waals surface area contributed by atoms with Crippen molar-refractivity contribution in [3.8, 4) is 0 Å². The van der Waals surface area contributed by atoms with Gasteiger partial charge < -0.3 is 0 Å². The van der Waals surface area contributed by atoms with Crippen LogP contribution in [0.3, 0.4) is 0 Å². The molecule has 2 aliphatic heterocycles. The van der Waals surface area contributed by atoms with Gasteiger partial charge in [-0.2, -0.15) is 8.61 Å². The highest BCUT2D eigenvalue weighted by Crippen LogP contribution is 2.43. The molecule has 6 nitrogen and oxygen atoms in total. The van der Waals surface area contributed by atoms with Crippen LogP contribution in [0.4, 0.5) is 0 Å². The number of fused-ring (bicyclic) bond motifs is 2. The monoisotopic (exact) mass is 710 g/mol. The lowest BCUT2D eigenvalue weighted by Crippen LogP contribution is -2.38. The Morgan fingerprint density at radius 1 is 0.659 bits per heavy atom. The highest BCUT2D eigenvalue weighted by atomic mass is 35.5. The molecule has 0 unspecified atom stereocenters. The lowest BCUT2D eigenvalue weighted by Gasteiger charge is -2.32. The van der Waals surface area contributed by atoms with Crippen LogP contribution < -0.4 is 0 Å². The molecule has 0 amide bonds.